The van der Waals surface area contributed by atoms with Crippen LogP contribution in [0, 0.1) is 0 Å². The van der Waals surface area contributed by atoms with E-state index in [1.54, 1.807) is 0 Å². The molecule has 0 saturated carbocycles. The molecule has 1 saturated heterocycles. The van der Waals surface area contributed by atoms with Crippen molar-refractivity contribution in [2.45, 2.75) is 25.3 Å². The van der Waals surface area contributed by atoms with E-state index in [9.17, 15) is 0 Å². The molecule has 0 atom stereocenters. The number of hydrogen-bond acceptors (Lipinski definition) is 3. The van der Waals surface area contributed by atoms with Gasteiger partial charge in [-0.2, -0.15) is 0 Å². The van der Waals surface area contributed by atoms with Crippen molar-refractivity contribution in [3.63, 3.8) is 0 Å². The van der Waals surface area contributed by atoms with Crippen molar-refractivity contribution in [2.24, 2.45) is 0 Å². The predicted molar refractivity (Wildman–Crippen MR) is 109 cm³/mol. The predicted octanol–water partition coefficient (Wildman–Crippen LogP) is 5.95. The number of piperidine rings is 1. The van der Waals surface area contributed by atoms with Crippen molar-refractivity contribution >= 4 is 27.3 Å². The third-order valence-electron chi connectivity index (χ3n) is 4.85. The Hall–Kier alpha value is -1.49. The first-order chi connectivity index (χ1) is 12.3. The van der Waals surface area contributed by atoms with E-state index < -0.39 is 0 Å². The number of halogens is 1. The Kier molecular flexibility index (Phi) is 5.30. The number of nitrogens with zero attached hydrogens (tertiary/aromatic N) is 2. The highest BCUT2D eigenvalue weighted by molar-refractivity contribution is 9.10. The third-order valence-corrected chi connectivity index (χ3v) is 6.38. The average Bonchev–Trinajstić information content (AvgIpc) is 3.14. The van der Waals surface area contributed by atoms with E-state index in [4.69, 9.17) is 4.98 Å². The Morgan fingerprint density at radius 2 is 1.72 bits per heavy atom. The first kappa shape index (κ1) is 17.0. The normalized spacial score (nSPS) is 16.2. The van der Waals surface area contributed by atoms with Crippen molar-refractivity contribution in [2.75, 3.05) is 13.1 Å². The van der Waals surface area contributed by atoms with Crippen LogP contribution in [-0.4, -0.2) is 23.0 Å². The van der Waals surface area contributed by atoms with Gasteiger partial charge in [0.2, 0.25) is 0 Å². The summed E-state index contributed by atoms with van der Waals surface area (Å²) in [5, 5.41) is 3.51. The number of benzene rings is 2. The van der Waals surface area contributed by atoms with E-state index in [1.807, 2.05) is 11.3 Å². The molecule has 4 heteroatoms. The summed E-state index contributed by atoms with van der Waals surface area (Å²) in [4.78, 5) is 7.49. The second kappa shape index (κ2) is 7.81. The second-order valence-electron chi connectivity index (χ2n) is 6.61. The summed E-state index contributed by atoms with van der Waals surface area (Å²) in [6.45, 7) is 3.38. The van der Waals surface area contributed by atoms with Crippen molar-refractivity contribution < 1.29 is 0 Å². The fraction of sp³-hybridized carbons (Fsp3) is 0.286. The zero-order chi connectivity index (χ0) is 17.1. The van der Waals surface area contributed by atoms with E-state index >= 15 is 0 Å². The Morgan fingerprint density at radius 3 is 2.44 bits per heavy atom. The van der Waals surface area contributed by atoms with Gasteiger partial charge >= 0.3 is 0 Å². The van der Waals surface area contributed by atoms with E-state index in [0.717, 1.165) is 29.8 Å². The molecule has 1 aliphatic heterocycles. The summed E-state index contributed by atoms with van der Waals surface area (Å²) in [7, 11) is 0. The molecule has 0 unspecified atom stereocenters. The largest absolute Gasteiger partial charge is 0.299 e. The molecule has 1 aliphatic rings. The summed E-state index contributed by atoms with van der Waals surface area (Å²) in [5.74, 6) is 0.612. The average molecular weight is 413 g/mol. The molecule has 0 aliphatic carbocycles. The van der Waals surface area contributed by atoms with Crippen LogP contribution in [0.2, 0.25) is 0 Å². The van der Waals surface area contributed by atoms with Gasteiger partial charge in [-0.15, -0.1) is 11.3 Å². The topological polar surface area (TPSA) is 16.1 Å². The van der Waals surface area contributed by atoms with Crippen LogP contribution in [0.5, 0.6) is 0 Å². The highest BCUT2D eigenvalue weighted by atomic mass is 79.9. The minimum atomic E-state index is 0.612. The van der Waals surface area contributed by atoms with Gasteiger partial charge in [-0.3, -0.25) is 4.90 Å². The quantitative estimate of drug-likeness (QED) is 0.525. The fourth-order valence-corrected chi connectivity index (χ4v) is 4.67. The van der Waals surface area contributed by atoms with Crippen LogP contribution in [0.3, 0.4) is 0 Å². The SMILES string of the molecule is Brc1ccc(-c2csc(C3CCN(Cc4ccccc4)CC3)n2)cc1. The lowest BCUT2D eigenvalue weighted by Crippen LogP contribution is -2.32. The molecule has 1 aromatic heterocycles. The maximum atomic E-state index is 4.93. The van der Waals surface area contributed by atoms with Crippen molar-refractivity contribution in [1.82, 2.24) is 9.88 Å². The van der Waals surface area contributed by atoms with Gasteiger partial charge in [0.15, 0.2) is 0 Å². The van der Waals surface area contributed by atoms with Crippen LogP contribution < -0.4 is 0 Å². The lowest BCUT2D eigenvalue weighted by Gasteiger charge is -2.31. The summed E-state index contributed by atoms with van der Waals surface area (Å²) in [5.41, 5.74) is 3.72. The Balaban J connectivity index is 1.37. The molecule has 128 valence electrons. The van der Waals surface area contributed by atoms with Crippen LogP contribution in [0.25, 0.3) is 11.3 Å². The van der Waals surface area contributed by atoms with Crippen LogP contribution in [0.15, 0.2) is 64.5 Å². The lowest BCUT2D eigenvalue weighted by atomic mass is 9.97. The van der Waals surface area contributed by atoms with Gasteiger partial charge in [0.1, 0.15) is 0 Å². The van der Waals surface area contributed by atoms with E-state index in [2.05, 4.69) is 80.8 Å². The van der Waals surface area contributed by atoms with E-state index in [1.165, 1.54) is 29.0 Å². The molecule has 2 heterocycles. The first-order valence-corrected chi connectivity index (χ1v) is 10.4. The summed E-state index contributed by atoms with van der Waals surface area (Å²) in [6.07, 6.45) is 2.42. The van der Waals surface area contributed by atoms with Crippen LogP contribution in [-0.2, 0) is 6.54 Å². The van der Waals surface area contributed by atoms with Crippen molar-refractivity contribution in [3.05, 3.63) is 75.0 Å². The number of likely N-dealkylation sites (tertiary alicyclic amines) is 1. The summed E-state index contributed by atoms with van der Waals surface area (Å²) in [6, 6.07) is 19.2. The highest BCUT2D eigenvalue weighted by Gasteiger charge is 2.23. The Bertz CT molecular complexity index is 805. The molecule has 2 aromatic carbocycles. The van der Waals surface area contributed by atoms with Gasteiger partial charge in [0.05, 0.1) is 10.7 Å². The van der Waals surface area contributed by atoms with Gasteiger partial charge in [-0.1, -0.05) is 58.4 Å². The molecule has 2 nitrogen and oxygen atoms in total. The smallest absolute Gasteiger partial charge is 0.0964 e. The van der Waals surface area contributed by atoms with E-state index in [-0.39, 0.29) is 0 Å². The number of hydrogen-bond donors (Lipinski definition) is 0. The standard InChI is InChI=1S/C21H21BrN2S/c22-19-8-6-17(7-9-19)20-15-25-21(23-20)18-10-12-24(13-11-18)14-16-4-2-1-3-5-16/h1-9,15,18H,10-14H2. The van der Waals surface area contributed by atoms with Crippen LogP contribution in [0.4, 0.5) is 0 Å². The van der Waals surface area contributed by atoms with Gasteiger partial charge < -0.3 is 0 Å². The molecule has 3 aromatic rings. The number of rotatable bonds is 4. The minimum absolute atomic E-state index is 0.612. The molecule has 0 bridgehead atoms. The van der Waals surface area contributed by atoms with Gasteiger partial charge in [-0.25, -0.2) is 4.98 Å². The number of aromatic nitrogens is 1. The first-order valence-electron chi connectivity index (χ1n) is 8.75. The molecule has 0 spiro atoms. The van der Waals surface area contributed by atoms with Crippen LogP contribution in [0.1, 0.15) is 29.3 Å². The monoisotopic (exact) mass is 412 g/mol. The van der Waals surface area contributed by atoms with E-state index in [0.29, 0.717) is 5.92 Å². The minimum Gasteiger partial charge on any atom is -0.299 e. The Labute approximate surface area is 161 Å². The highest BCUT2D eigenvalue weighted by Crippen LogP contribution is 2.33. The van der Waals surface area contributed by atoms with Gasteiger partial charge in [0, 0.05) is 27.9 Å². The molecule has 4 rings (SSSR count). The molecule has 25 heavy (non-hydrogen) atoms. The summed E-state index contributed by atoms with van der Waals surface area (Å²) >= 11 is 5.31. The molecule has 0 N–H and O–H groups in total. The molecule has 0 radical (unpaired) electrons. The molecule has 0 amide bonds. The molecule has 1 fully saturated rings. The summed E-state index contributed by atoms with van der Waals surface area (Å²) < 4.78 is 1.11. The zero-order valence-electron chi connectivity index (χ0n) is 14.1. The molecular weight excluding hydrogens is 392 g/mol. The Morgan fingerprint density at radius 1 is 1.00 bits per heavy atom. The van der Waals surface area contributed by atoms with Gasteiger partial charge in [-0.05, 0) is 43.6 Å². The molecular formula is C21H21BrN2S. The maximum absolute atomic E-state index is 4.93. The van der Waals surface area contributed by atoms with Crippen molar-refractivity contribution in [3.8, 4) is 11.3 Å². The zero-order valence-corrected chi connectivity index (χ0v) is 16.5. The maximum Gasteiger partial charge on any atom is 0.0964 e. The van der Waals surface area contributed by atoms with Crippen LogP contribution >= 0.6 is 27.3 Å². The number of thiazole rings is 1. The lowest BCUT2D eigenvalue weighted by molar-refractivity contribution is 0.204. The second-order valence-corrected chi connectivity index (χ2v) is 8.42. The third kappa shape index (κ3) is 4.20. The fourth-order valence-electron chi connectivity index (χ4n) is 3.41. The van der Waals surface area contributed by atoms with Crippen molar-refractivity contribution in [1.29, 1.82) is 0 Å². The van der Waals surface area contributed by atoms with Gasteiger partial charge in [0.25, 0.3) is 0 Å².